The molecular formula is C24H20N4O5. The minimum atomic E-state index is -0.463. The van der Waals surface area contributed by atoms with Gasteiger partial charge in [-0.05, 0) is 42.5 Å². The van der Waals surface area contributed by atoms with E-state index in [0.29, 0.717) is 54.7 Å². The number of para-hydroxylation sites is 2. The summed E-state index contributed by atoms with van der Waals surface area (Å²) in [5, 5.41) is 14.5. The fraction of sp³-hybridized carbons (Fsp3) is 0.167. The van der Waals surface area contributed by atoms with Crippen LogP contribution in [0.4, 0.5) is 17.1 Å². The summed E-state index contributed by atoms with van der Waals surface area (Å²) in [5.74, 6) is -0.000793. The van der Waals surface area contributed by atoms with Gasteiger partial charge in [-0.1, -0.05) is 18.2 Å². The van der Waals surface area contributed by atoms with Gasteiger partial charge in [0.05, 0.1) is 18.1 Å². The third kappa shape index (κ3) is 4.26. The lowest BCUT2D eigenvalue weighted by Crippen LogP contribution is -2.36. The number of morpholine rings is 1. The average Bonchev–Trinajstić information content (AvgIpc) is 3.29. The zero-order valence-electron chi connectivity index (χ0n) is 17.6. The van der Waals surface area contributed by atoms with Gasteiger partial charge in [-0.2, -0.15) is 0 Å². The van der Waals surface area contributed by atoms with Gasteiger partial charge in [-0.3, -0.25) is 14.9 Å². The van der Waals surface area contributed by atoms with E-state index < -0.39 is 10.8 Å². The Morgan fingerprint density at radius 3 is 2.64 bits per heavy atom. The first kappa shape index (κ1) is 20.7. The average molecular weight is 444 g/mol. The van der Waals surface area contributed by atoms with E-state index in [0.717, 1.165) is 5.52 Å². The third-order valence-electron chi connectivity index (χ3n) is 5.45. The van der Waals surface area contributed by atoms with Crippen LogP contribution >= 0.6 is 0 Å². The Hall–Kier alpha value is -4.24. The highest BCUT2D eigenvalue weighted by molar-refractivity contribution is 6.05. The smallest absolute Gasteiger partial charge is 0.293 e. The van der Waals surface area contributed by atoms with Crippen LogP contribution < -0.4 is 10.2 Å². The number of aromatic nitrogens is 1. The Balaban J connectivity index is 1.38. The van der Waals surface area contributed by atoms with E-state index in [1.807, 2.05) is 35.2 Å². The number of anilines is 2. The van der Waals surface area contributed by atoms with E-state index in [9.17, 15) is 14.9 Å². The van der Waals surface area contributed by atoms with Crippen molar-refractivity contribution in [3.8, 4) is 11.5 Å². The molecule has 33 heavy (non-hydrogen) atoms. The van der Waals surface area contributed by atoms with Crippen LogP contribution in [-0.4, -0.2) is 42.1 Å². The molecule has 1 saturated heterocycles. The molecule has 0 bridgehead atoms. The number of carbonyl (C=O) groups excluding carboxylic acids is 1. The first-order chi connectivity index (χ1) is 16.1. The number of nitro groups is 1. The van der Waals surface area contributed by atoms with Crippen LogP contribution in [0.1, 0.15) is 10.4 Å². The molecule has 1 aliphatic heterocycles. The number of benzene rings is 3. The van der Waals surface area contributed by atoms with Gasteiger partial charge in [0.1, 0.15) is 11.2 Å². The predicted octanol–water partition coefficient (Wildman–Crippen LogP) is 4.49. The van der Waals surface area contributed by atoms with Crippen molar-refractivity contribution in [2.75, 3.05) is 36.5 Å². The number of hydrogen-bond acceptors (Lipinski definition) is 7. The fourth-order valence-electron chi connectivity index (χ4n) is 3.81. The Labute approximate surface area is 188 Å². The molecule has 0 spiro atoms. The Morgan fingerprint density at radius 2 is 1.85 bits per heavy atom. The van der Waals surface area contributed by atoms with Crippen molar-refractivity contribution < 1.29 is 18.9 Å². The van der Waals surface area contributed by atoms with Crippen LogP contribution in [0.3, 0.4) is 0 Å². The van der Waals surface area contributed by atoms with Crippen LogP contribution in [0.5, 0.6) is 0 Å². The number of amides is 1. The van der Waals surface area contributed by atoms with E-state index >= 15 is 0 Å². The molecule has 1 aliphatic rings. The van der Waals surface area contributed by atoms with Gasteiger partial charge in [-0.15, -0.1) is 0 Å². The van der Waals surface area contributed by atoms with Gasteiger partial charge in [0, 0.05) is 36.0 Å². The summed E-state index contributed by atoms with van der Waals surface area (Å²) in [7, 11) is 0. The molecule has 9 heteroatoms. The molecular weight excluding hydrogens is 424 g/mol. The van der Waals surface area contributed by atoms with Gasteiger partial charge < -0.3 is 19.4 Å². The van der Waals surface area contributed by atoms with E-state index in [1.54, 1.807) is 30.3 Å². The van der Waals surface area contributed by atoms with Gasteiger partial charge in [-0.25, -0.2) is 4.98 Å². The molecule has 0 atom stereocenters. The fourth-order valence-corrected chi connectivity index (χ4v) is 3.81. The van der Waals surface area contributed by atoms with E-state index in [-0.39, 0.29) is 11.3 Å². The van der Waals surface area contributed by atoms with Crippen molar-refractivity contribution in [2.24, 2.45) is 0 Å². The largest absolute Gasteiger partial charge is 0.436 e. The molecule has 166 valence electrons. The molecule has 3 aromatic carbocycles. The molecule has 1 amide bonds. The lowest BCUT2D eigenvalue weighted by Gasteiger charge is -2.28. The van der Waals surface area contributed by atoms with Crippen LogP contribution in [0, 0.1) is 10.1 Å². The Bertz CT molecular complexity index is 1310. The van der Waals surface area contributed by atoms with Crippen LogP contribution in [0.25, 0.3) is 22.6 Å². The molecule has 0 saturated carbocycles. The van der Waals surface area contributed by atoms with Gasteiger partial charge in [0.2, 0.25) is 5.89 Å². The Morgan fingerprint density at radius 1 is 1.03 bits per heavy atom. The molecule has 9 nitrogen and oxygen atoms in total. The summed E-state index contributed by atoms with van der Waals surface area (Å²) < 4.78 is 11.1. The summed E-state index contributed by atoms with van der Waals surface area (Å²) in [6.45, 7) is 2.15. The second-order valence-electron chi connectivity index (χ2n) is 7.58. The van der Waals surface area contributed by atoms with E-state index in [4.69, 9.17) is 9.15 Å². The van der Waals surface area contributed by atoms with Crippen LogP contribution in [-0.2, 0) is 4.74 Å². The number of nitrogens with one attached hydrogen (secondary N) is 1. The number of fused-ring (bicyclic) bond motifs is 1. The number of ether oxygens (including phenoxy) is 1. The molecule has 0 unspecified atom stereocenters. The molecule has 5 rings (SSSR count). The van der Waals surface area contributed by atoms with Crippen LogP contribution in [0.2, 0.25) is 0 Å². The van der Waals surface area contributed by atoms with Crippen molar-refractivity contribution in [2.45, 2.75) is 0 Å². The maximum atomic E-state index is 12.9. The van der Waals surface area contributed by atoms with E-state index in [2.05, 4.69) is 10.3 Å². The Kier molecular flexibility index (Phi) is 5.45. The number of nitro benzene ring substituents is 1. The second-order valence-corrected chi connectivity index (χ2v) is 7.58. The van der Waals surface area contributed by atoms with Crippen molar-refractivity contribution in [1.82, 2.24) is 4.98 Å². The molecule has 0 radical (unpaired) electrons. The van der Waals surface area contributed by atoms with Crippen molar-refractivity contribution in [3.05, 3.63) is 82.4 Å². The summed E-state index contributed by atoms with van der Waals surface area (Å²) in [6.07, 6.45) is 0. The minimum absolute atomic E-state index is 0.107. The van der Waals surface area contributed by atoms with Crippen molar-refractivity contribution >= 4 is 34.1 Å². The molecule has 1 N–H and O–H groups in total. The maximum absolute atomic E-state index is 12.9. The normalized spacial score (nSPS) is 13.8. The standard InChI is InChI=1S/C24H20N4O5/c29-23(16-8-9-20(21(15-16)28(30)31)27-10-12-32-13-11-27)25-18-5-3-4-17(14-18)24-26-19-6-1-2-7-22(19)33-24/h1-9,14-15H,10-13H2,(H,25,29). The number of rotatable bonds is 5. The third-order valence-corrected chi connectivity index (χ3v) is 5.45. The number of hydrogen-bond donors (Lipinski definition) is 1. The summed E-state index contributed by atoms with van der Waals surface area (Å²) >= 11 is 0. The summed E-state index contributed by atoms with van der Waals surface area (Å²) in [5.41, 5.74) is 3.23. The second kappa shape index (κ2) is 8.71. The highest BCUT2D eigenvalue weighted by Gasteiger charge is 2.23. The first-order valence-electron chi connectivity index (χ1n) is 10.5. The molecule has 4 aromatic rings. The molecule has 0 aliphatic carbocycles. The maximum Gasteiger partial charge on any atom is 0.293 e. The monoisotopic (exact) mass is 444 g/mol. The SMILES string of the molecule is O=C(Nc1cccc(-c2nc3ccccc3o2)c1)c1ccc(N2CCOCC2)c([N+](=O)[O-])c1. The minimum Gasteiger partial charge on any atom is -0.436 e. The predicted molar refractivity (Wildman–Crippen MR) is 124 cm³/mol. The van der Waals surface area contributed by atoms with Gasteiger partial charge in [0.25, 0.3) is 11.6 Å². The highest BCUT2D eigenvalue weighted by Crippen LogP contribution is 2.31. The lowest BCUT2D eigenvalue weighted by molar-refractivity contribution is -0.384. The number of carbonyl (C=O) groups is 1. The van der Waals surface area contributed by atoms with Gasteiger partial charge >= 0.3 is 0 Å². The number of oxazole rings is 1. The summed E-state index contributed by atoms with van der Waals surface area (Å²) in [6, 6.07) is 19.1. The van der Waals surface area contributed by atoms with Crippen LogP contribution in [0.15, 0.2) is 71.1 Å². The summed E-state index contributed by atoms with van der Waals surface area (Å²) in [4.78, 5) is 30.4. The topological polar surface area (TPSA) is 111 Å². The zero-order chi connectivity index (χ0) is 22.8. The zero-order valence-corrected chi connectivity index (χ0v) is 17.6. The first-order valence-corrected chi connectivity index (χ1v) is 10.5. The van der Waals surface area contributed by atoms with Crippen molar-refractivity contribution in [1.29, 1.82) is 0 Å². The highest BCUT2D eigenvalue weighted by atomic mass is 16.6. The lowest BCUT2D eigenvalue weighted by atomic mass is 10.1. The van der Waals surface area contributed by atoms with Crippen molar-refractivity contribution in [3.63, 3.8) is 0 Å². The molecule has 1 aromatic heterocycles. The molecule has 1 fully saturated rings. The van der Waals surface area contributed by atoms with E-state index in [1.165, 1.54) is 6.07 Å². The van der Waals surface area contributed by atoms with Gasteiger partial charge in [0.15, 0.2) is 5.58 Å². The molecule has 2 heterocycles. The number of nitrogens with zero attached hydrogens (tertiary/aromatic N) is 3. The quantitative estimate of drug-likeness (QED) is 0.357.